The molecule has 2 amide bonds. The number of hydrogen-bond donors (Lipinski definition) is 2. The number of hydrogen-bond acceptors (Lipinski definition) is 14. The SMILES string of the molecule is O=C(Cc1cncc(N2CC(F)(F)C2)n1)Nc1nnc([C@H]2CCC[C@H](c3nnc(NC(=O)Cc4cncc(N5CC(F)(F)C5)n4)s3)C2)s1. The smallest absolute Gasteiger partial charge is 0.282 e. The largest absolute Gasteiger partial charge is 0.343 e. The first-order valence-corrected chi connectivity index (χ1v) is 16.7. The van der Waals surface area contributed by atoms with Crippen molar-refractivity contribution in [3.63, 3.8) is 0 Å². The van der Waals surface area contributed by atoms with Crippen LogP contribution in [0.3, 0.4) is 0 Å². The molecule has 6 heterocycles. The molecule has 14 nitrogen and oxygen atoms in total. The molecule has 7 rings (SSSR count). The van der Waals surface area contributed by atoms with Gasteiger partial charge in [-0.2, -0.15) is 0 Å². The topological polar surface area (TPSA) is 168 Å². The van der Waals surface area contributed by atoms with Crippen LogP contribution in [0.5, 0.6) is 0 Å². The highest BCUT2D eigenvalue weighted by molar-refractivity contribution is 7.15. The third-order valence-corrected chi connectivity index (χ3v) is 10.1. The molecule has 0 bridgehead atoms. The fourth-order valence-electron chi connectivity index (χ4n) is 5.81. The lowest BCUT2D eigenvalue weighted by atomic mass is 9.82. The summed E-state index contributed by atoms with van der Waals surface area (Å²) in [6, 6.07) is 0. The number of aromatic nitrogens is 8. The number of nitrogens with zero attached hydrogens (tertiary/aromatic N) is 10. The Kier molecular flexibility index (Phi) is 8.60. The van der Waals surface area contributed by atoms with E-state index in [2.05, 4.69) is 51.0 Å². The molecule has 1 aliphatic carbocycles. The number of rotatable bonds is 10. The molecule has 2 saturated heterocycles. The molecule has 252 valence electrons. The zero-order valence-electron chi connectivity index (χ0n) is 25.2. The lowest BCUT2D eigenvalue weighted by molar-refractivity contribution is -0.116. The Morgan fingerprint density at radius 3 is 1.56 bits per heavy atom. The Bertz CT molecular complexity index is 1680. The van der Waals surface area contributed by atoms with E-state index in [1.807, 2.05) is 0 Å². The van der Waals surface area contributed by atoms with Crippen LogP contribution in [0.2, 0.25) is 0 Å². The van der Waals surface area contributed by atoms with E-state index in [-0.39, 0.29) is 36.5 Å². The molecule has 0 aromatic carbocycles. The highest BCUT2D eigenvalue weighted by Crippen LogP contribution is 2.43. The summed E-state index contributed by atoms with van der Waals surface area (Å²) >= 11 is 2.59. The number of anilines is 4. The molecule has 3 fully saturated rings. The minimum absolute atomic E-state index is 0.0959. The zero-order valence-corrected chi connectivity index (χ0v) is 26.8. The van der Waals surface area contributed by atoms with Gasteiger partial charge in [-0.3, -0.25) is 19.6 Å². The first-order chi connectivity index (χ1) is 23.0. The second-order valence-corrected chi connectivity index (χ2v) is 14.1. The average molecular weight is 705 g/mol. The van der Waals surface area contributed by atoms with Gasteiger partial charge in [-0.25, -0.2) is 27.5 Å². The molecular formula is C28H28F4N12O2S2. The quantitative estimate of drug-likeness (QED) is 0.230. The lowest BCUT2D eigenvalue weighted by Gasteiger charge is -2.39. The van der Waals surface area contributed by atoms with Crippen molar-refractivity contribution >= 4 is 56.4 Å². The highest BCUT2D eigenvalue weighted by atomic mass is 32.1. The van der Waals surface area contributed by atoms with Gasteiger partial charge < -0.3 is 20.4 Å². The Labute approximate surface area is 278 Å². The first kappa shape index (κ1) is 32.1. The van der Waals surface area contributed by atoms with Crippen molar-refractivity contribution in [2.75, 3.05) is 46.6 Å². The van der Waals surface area contributed by atoms with Gasteiger partial charge in [0.25, 0.3) is 11.8 Å². The Hall–Kier alpha value is -4.46. The highest BCUT2D eigenvalue weighted by Gasteiger charge is 2.45. The standard InChI is InChI=1S/C28H28F4N12O2S2/c29-27(30)11-43(12-27)19-9-33-7-17(35-19)5-21(45)37-25-41-39-23(47-25)15-2-1-3-16(4-15)24-40-42-26(48-24)38-22(46)6-18-8-34-10-20(36-18)44-13-28(31,32)14-44/h7-10,15-16H,1-6,11-14H2,(H,37,41,45)(H,38,42,46)/t15-,16-/m0/s1. The van der Waals surface area contributed by atoms with Crippen LogP contribution >= 0.6 is 22.7 Å². The zero-order chi connectivity index (χ0) is 33.5. The van der Waals surface area contributed by atoms with E-state index in [4.69, 9.17) is 0 Å². The Morgan fingerprint density at radius 2 is 1.15 bits per heavy atom. The van der Waals surface area contributed by atoms with Crippen LogP contribution in [-0.4, -0.2) is 90.2 Å². The number of amides is 2. The van der Waals surface area contributed by atoms with Crippen LogP contribution in [0.15, 0.2) is 24.8 Å². The molecule has 2 aliphatic heterocycles. The molecule has 2 atom stereocenters. The van der Waals surface area contributed by atoms with E-state index in [0.29, 0.717) is 33.3 Å². The van der Waals surface area contributed by atoms with Gasteiger partial charge in [-0.1, -0.05) is 29.1 Å². The normalized spacial score (nSPS) is 21.2. The summed E-state index contributed by atoms with van der Waals surface area (Å²) in [6.07, 6.45) is 8.92. The van der Waals surface area contributed by atoms with E-state index >= 15 is 0 Å². The monoisotopic (exact) mass is 704 g/mol. The van der Waals surface area contributed by atoms with E-state index in [1.165, 1.54) is 57.3 Å². The van der Waals surface area contributed by atoms with Gasteiger partial charge in [0.15, 0.2) is 0 Å². The second-order valence-electron chi connectivity index (χ2n) is 12.1. The maximum absolute atomic E-state index is 13.2. The molecular weight excluding hydrogens is 677 g/mol. The van der Waals surface area contributed by atoms with Crippen LogP contribution in [0, 0.1) is 0 Å². The van der Waals surface area contributed by atoms with Gasteiger partial charge in [-0.05, 0) is 19.3 Å². The Balaban J connectivity index is 0.899. The third-order valence-electron chi connectivity index (χ3n) is 8.11. The van der Waals surface area contributed by atoms with E-state index in [9.17, 15) is 27.2 Å². The number of nitrogens with one attached hydrogen (secondary N) is 2. The molecule has 4 aromatic heterocycles. The van der Waals surface area contributed by atoms with Gasteiger partial charge in [0.1, 0.15) is 21.7 Å². The summed E-state index contributed by atoms with van der Waals surface area (Å²) in [5.74, 6) is -5.42. The Morgan fingerprint density at radius 1 is 0.708 bits per heavy atom. The van der Waals surface area contributed by atoms with Gasteiger partial charge in [0.2, 0.25) is 22.1 Å². The van der Waals surface area contributed by atoms with Gasteiger partial charge >= 0.3 is 0 Å². The van der Waals surface area contributed by atoms with Crippen molar-refractivity contribution in [1.29, 1.82) is 0 Å². The van der Waals surface area contributed by atoms with Gasteiger partial charge in [0, 0.05) is 24.2 Å². The van der Waals surface area contributed by atoms with Crippen molar-refractivity contribution in [2.24, 2.45) is 0 Å². The summed E-state index contributed by atoms with van der Waals surface area (Å²) < 4.78 is 52.9. The number of carbonyl (C=O) groups excluding carboxylic acids is 2. The van der Waals surface area contributed by atoms with E-state index in [1.54, 1.807) is 0 Å². The van der Waals surface area contributed by atoms with Gasteiger partial charge in [0.05, 0.1) is 62.8 Å². The van der Waals surface area contributed by atoms with Crippen molar-refractivity contribution in [2.45, 2.75) is 62.2 Å². The van der Waals surface area contributed by atoms with Crippen LogP contribution < -0.4 is 20.4 Å². The maximum Gasteiger partial charge on any atom is 0.282 e. The molecule has 0 unspecified atom stereocenters. The molecule has 0 spiro atoms. The van der Waals surface area contributed by atoms with E-state index in [0.717, 1.165) is 35.7 Å². The van der Waals surface area contributed by atoms with Crippen LogP contribution in [0.4, 0.5) is 39.5 Å². The maximum atomic E-state index is 13.2. The average Bonchev–Trinajstić information content (AvgIpc) is 3.69. The van der Waals surface area contributed by atoms with Crippen molar-refractivity contribution in [3.05, 3.63) is 46.2 Å². The second kappa shape index (κ2) is 12.9. The first-order valence-electron chi connectivity index (χ1n) is 15.1. The summed E-state index contributed by atoms with van der Waals surface area (Å²) in [6.45, 7) is -1.70. The molecule has 48 heavy (non-hydrogen) atoms. The van der Waals surface area contributed by atoms with Crippen molar-refractivity contribution < 1.29 is 27.2 Å². The molecule has 4 aromatic rings. The van der Waals surface area contributed by atoms with Crippen LogP contribution in [-0.2, 0) is 22.4 Å². The summed E-state index contributed by atoms with van der Waals surface area (Å²) in [4.78, 5) is 44.8. The van der Waals surface area contributed by atoms with Crippen molar-refractivity contribution in [1.82, 2.24) is 40.3 Å². The fraction of sp³-hybridized carbons (Fsp3) is 0.500. The minimum Gasteiger partial charge on any atom is -0.343 e. The number of carbonyl (C=O) groups is 2. The van der Waals surface area contributed by atoms with E-state index < -0.39 is 38.0 Å². The number of alkyl halides is 4. The molecule has 3 aliphatic rings. The summed E-state index contributed by atoms with van der Waals surface area (Å²) in [7, 11) is 0. The van der Waals surface area contributed by atoms with Crippen LogP contribution in [0.1, 0.15) is 58.9 Å². The molecule has 20 heteroatoms. The molecule has 1 saturated carbocycles. The summed E-state index contributed by atoms with van der Waals surface area (Å²) in [5.41, 5.74) is 0.708. The predicted molar refractivity (Wildman–Crippen MR) is 167 cm³/mol. The fourth-order valence-corrected chi connectivity index (χ4v) is 7.62. The lowest BCUT2D eigenvalue weighted by Crippen LogP contribution is -2.56. The third kappa shape index (κ3) is 7.48. The number of halogens is 4. The molecule has 0 radical (unpaired) electrons. The van der Waals surface area contributed by atoms with Crippen molar-refractivity contribution in [3.8, 4) is 0 Å². The summed E-state index contributed by atoms with van der Waals surface area (Å²) in [5, 5.41) is 24.7. The predicted octanol–water partition coefficient (Wildman–Crippen LogP) is 3.68. The van der Waals surface area contributed by atoms with Gasteiger partial charge in [-0.15, -0.1) is 20.4 Å². The molecule has 2 N–H and O–H groups in total. The minimum atomic E-state index is -2.74. The van der Waals surface area contributed by atoms with Crippen LogP contribution in [0.25, 0.3) is 0 Å².